The van der Waals surface area contributed by atoms with E-state index < -0.39 is 0 Å². The minimum atomic E-state index is 1.05. The zero-order valence-corrected chi connectivity index (χ0v) is 22.0. The highest BCUT2D eigenvalue weighted by molar-refractivity contribution is 5.51. The molecule has 0 radical (unpaired) electrons. The second-order valence-electron chi connectivity index (χ2n) is 10.2. The van der Waals surface area contributed by atoms with Crippen molar-refractivity contribution in [2.45, 2.75) is 73.6 Å². The number of benzene rings is 2. The number of aryl methyl sites for hydroxylation is 4. The summed E-state index contributed by atoms with van der Waals surface area (Å²) in [5.74, 6) is 0. The maximum atomic E-state index is 2.42. The van der Waals surface area contributed by atoms with E-state index in [-0.39, 0.29) is 0 Å². The van der Waals surface area contributed by atoms with Crippen LogP contribution in [0.3, 0.4) is 0 Å². The second kappa shape index (κ2) is 11.3. The van der Waals surface area contributed by atoms with Crippen LogP contribution in [0, 0.1) is 41.5 Å². The summed E-state index contributed by atoms with van der Waals surface area (Å²) in [6.45, 7) is 16.2. The fraction of sp³-hybridized carbons (Fsp3) is 0.586. The molecule has 172 valence electrons. The summed E-state index contributed by atoms with van der Waals surface area (Å²) in [5, 5.41) is 0. The van der Waals surface area contributed by atoms with Gasteiger partial charge in [0.25, 0.3) is 0 Å². The Kier molecular flexibility index (Phi) is 9.33. The number of rotatable bonds is 10. The van der Waals surface area contributed by atoms with Gasteiger partial charge in [0.05, 0.1) is 0 Å². The zero-order chi connectivity index (χ0) is 23.3. The molecule has 0 N–H and O–H groups in total. The molecule has 0 bridgehead atoms. The van der Waals surface area contributed by atoms with Crippen molar-refractivity contribution < 1.29 is 0 Å². The lowest BCUT2D eigenvalue weighted by Gasteiger charge is -2.22. The van der Waals surface area contributed by atoms with Crippen LogP contribution in [0.4, 0.5) is 0 Å². The molecule has 0 amide bonds. The molecule has 0 heterocycles. The van der Waals surface area contributed by atoms with Crippen LogP contribution in [-0.4, -0.2) is 51.1 Å². The molecule has 0 unspecified atom stereocenters. The Balaban J connectivity index is 2.39. The molecule has 0 fully saturated rings. The van der Waals surface area contributed by atoms with E-state index >= 15 is 0 Å². The average Bonchev–Trinajstić information content (AvgIpc) is 2.65. The lowest BCUT2D eigenvalue weighted by molar-refractivity contribution is 0.400. The summed E-state index contributed by atoms with van der Waals surface area (Å²) in [4.78, 5) is 4.58. The summed E-state index contributed by atoms with van der Waals surface area (Å²) in [6, 6.07) is 4.84. The van der Waals surface area contributed by atoms with E-state index in [0.717, 1.165) is 19.5 Å². The molecule has 2 aromatic carbocycles. The third-order valence-electron chi connectivity index (χ3n) is 7.00. The van der Waals surface area contributed by atoms with Gasteiger partial charge < -0.3 is 9.80 Å². The van der Waals surface area contributed by atoms with Crippen LogP contribution in [0.5, 0.6) is 0 Å². The number of hydrogen-bond acceptors (Lipinski definition) is 2. The Hall–Kier alpha value is -1.64. The van der Waals surface area contributed by atoms with Gasteiger partial charge in [0, 0.05) is 0 Å². The first-order chi connectivity index (χ1) is 14.5. The largest absolute Gasteiger partial charge is 0.309 e. The molecular formula is C29H46N2. The molecule has 0 aliphatic rings. The molecule has 2 heteroatoms. The lowest BCUT2D eigenvalue weighted by atomic mass is 9.84. The van der Waals surface area contributed by atoms with Crippen LogP contribution in [0.1, 0.15) is 68.5 Å². The van der Waals surface area contributed by atoms with E-state index in [1.165, 1.54) is 59.1 Å². The molecule has 31 heavy (non-hydrogen) atoms. The molecule has 0 atom stereocenters. The molecule has 2 rings (SSSR count). The molecule has 0 aromatic heterocycles. The molecule has 2 nitrogen and oxygen atoms in total. The predicted octanol–water partition coefficient (Wildman–Crippen LogP) is 6.12. The van der Waals surface area contributed by atoms with Gasteiger partial charge in [-0.1, -0.05) is 12.1 Å². The van der Waals surface area contributed by atoms with E-state index in [1.54, 1.807) is 22.3 Å². The van der Waals surface area contributed by atoms with Crippen LogP contribution < -0.4 is 0 Å². The topological polar surface area (TPSA) is 6.48 Å². The van der Waals surface area contributed by atoms with Crippen molar-refractivity contribution in [3.8, 4) is 0 Å². The molecular weight excluding hydrogens is 376 g/mol. The quantitative estimate of drug-likeness (QED) is 0.455. The number of hydrogen-bond donors (Lipinski definition) is 0. The first-order valence-corrected chi connectivity index (χ1v) is 12.0. The van der Waals surface area contributed by atoms with E-state index in [4.69, 9.17) is 0 Å². The highest BCUT2D eigenvalue weighted by Gasteiger charge is 2.16. The summed E-state index contributed by atoms with van der Waals surface area (Å²) in [6.07, 6.45) is 5.83. The van der Waals surface area contributed by atoms with Crippen molar-refractivity contribution >= 4 is 0 Å². The Bertz CT molecular complexity index is 817. The van der Waals surface area contributed by atoms with Crippen LogP contribution in [-0.2, 0) is 19.3 Å². The summed E-state index contributed by atoms with van der Waals surface area (Å²) >= 11 is 0. The van der Waals surface area contributed by atoms with Crippen LogP contribution >= 0.6 is 0 Å². The van der Waals surface area contributed by atoms with Crippen molar-refractivity contribution in [3.05, 3.63) is 67.8 Å². The van der Waals surface area contributed by atoms with Crippen LogP contribution in [0.15, 0.2) is 12.1 Å². The van der Waals surface area contributed by atoms with Crippen molar-refractivity contribution in [1.29, 1.82) is 0 Å². The highest BCUT2D eigenvalue weighted by Crippen LogP contribution is 2.30. The smallest absolute Gasteiger partial charge is 0.00151 e. The van der Waals surface area contributed by atoms with Gasteiger partial charge in [-0.05, 0) is 171 Å². The normalized spacial score (nSPS) is 11.7. The van der Waals surface area contributed by atoms with Crippen LogP contribution in [0.2, 0.25) is 0 Å². The maximum absolute atomic E-state index is 2.42. The van der Waals surface area contributed by atoms with E-state index in [1.807, 2.05) is 0 Å². The highest BCUT2D eigenvalue weighted by atomic mass is 15.0. The van der Waals surface area contributed by atoms with Crippen molar-refractivity contribution in [1.82, 2.24) is 9.80 Å². The SMILES string of the molecule is Cc1cc(C)c(Cc2c(C)cc(C)c(CCCN(C)C)c2C)c(C)c1CCCN(C)C. The van der Waals surface area contributed by atoms with E-state index in [2.05, 4.69) is 91.7 Å². The predicted molar refractivity (Wildman–Crippen MR) is 138 cm³/mol. The minimum Gasteiger partial charge on any atom is -0.309 e. The van der Waals surface area contributed by atoms with Gasteiger partial charge in [0.2, 0.25) is 0 Å². The fourth-order valence-corrected chi connectivity index (χ4v) is 5.18. The molecule has 0 saturated heterocycles. The molecule has 0 spiro atoms. The van der Waals surface area contributed by atoms with E-state index in [0.29, 0.717) is 0 Å². The van der Waals surface area contributed by atoms with E-state index in [9.17, 15) is 0 Å². The van der Waals surface area contributed by atoms with Crippen molar-refractivity contribution in [2.24, 2.45) is 0 Å². The first-order valence-electron chi connectivity index (χ1n) is 12.0. The number of nitrogens with zero attached hydrogens (tertiary/aromatic N) is 2. The van der Waals surface area contributed by atoms with Gasteiger partial charge in [-0.15, -0.1) is 0 Å². The molecule has 2 aromatic rings. The Morgan fingerprint density at radius 1 is 0.516 bits per heavy atom. The third-order valence-corrected chi connectivity index (χ3v) is 7.00. The lowest BCUT2D eigenvalue weighted by Crippen LogP contribution is -2.15. The average molecular weight is 423 g/mol. The Morgan fingerprint density at radius 3 is 1.16 bits per heavy atom. The minimum absolute atomic E-state index is 1.05. The fourth-order valence-electron chi connectivity index (χ4n) is 5.18. The Morgan fingerprint density at radius 2 is 0.839 bits per heavy atom. The van der Waals surface area contributed by atoms with Gasteiger partial charge in [0.1, 0.15) is 0 Å². The first kappa shape index (κ1) is 25.6. The standard InChI is InChI=1S/C29H46N2/c1-20-17-22(3)28(24(5)26(20)13-11-15-30(7)8)19-29-23(4)18-21(2)27(25(29)6)14-12-16-31(9)10/h17-18H,11-16,19H2,1-10H3. The van der Waals surface area contributed by atoms with Crippen LogP contribution in [0.25, 0.3) is 0 Å². The zero-order valence-electron chi connectivity index (χ0n) is 22.0. The van der Waals surface area contributed by atoms with Crippen molar-refractivity contribution in [2.75, 3.05) is 41.3 Å². The summed E-state index contributed by atoms with van der Waals surface area (Å²) < 4.78 is 0. The third kappa shape index (κ3) is 6.67. The molecule has 0 aliphatic carbocycles. The van der Waals surface area contributed by atoms with Gasteiger partial charge in [-0.25, -0.2) is 0 Å². The van der Waals surface area contributed by atoms with Gasteiger partial charge in [-0.3, -0.25) is 0 Å². The molecule has 0 saturated carbocycles. The van der Waals surface area contributed by atoms with Gasteiger partial charge >= 0.3 is 0 Å². The van der Waals surface area contributed by atoms with Crippen molar-refractivity contribution in [3.63, 3.8) is 0 Å². The summed E-state index contributed by atoms with van der Waals surface area (Å²) in [7, 11) is 8.66. The van der Waals surface area contributed by atoms with Gasteiger partial charge in [0.15, 0.2) is 0 Å². The second-order valence-corrected chi connectivity index (χ2v) is 10.2. The maximum Gasteiger partial charge on any atom is -0.00151 e. The molecule has 0 aliphatic heterocycles. The Labute approximate surface area is 192 Å². The monoisotopic (exact) mass is 422 g/mol. The van der Waals surface area contributed by atoms with Gasteiger partial charge in [-0.2, -0.15) is 0 Å². The summed E-state index contributed by atoms with van der Waals surface area (Å²) in [5.41, 5.74) is 15.1.